The van der Waals surface area contributed by atoms with E-state index in [4.69, 9.17) is 5.73 Å². The highest BCUT2D eigenvalue weighted by Crippen LogP contribution is 2.28. The molecule has 0 saturated carbocycles. The van der Waals surface area contributed by atoms with Crippen LogP contribution in [-0.2, 0) is 7.05 Å². The highest BCUT2D eigenvalue weighted by Gasteiger charge is 2.09. The van der Waals surface area contributed by atoms with Crippen LogP contribution in [0.15, 0.2) is 24.4 Å². The van der Waals surface area contributed by atoms with Gasteiger partial charge in [-0.05, 0) is 25.1 Å². The van der Waals surface area contributed by atoms with Crippen LogP contribution in [0.1, 0.15) is 5.69 Å². The van der Waals surface area contributed by atoms with E-state index in [0.29, 0.717) is 5.69 Å². The molecule has 4 heteroatoms. The summed E-state index contributed by atoms with van der Waals surface area (Å²) in [5.41, 5.74) is 8.96. The Labute approximate surface area is 87.3 Å². The van der Waals surface area contributed by atoms with Gasteiger partial charge in [-0.2, -0.15) is 5.10 Å². The number of benzene rings is 1. The number of aryl methyl sites for hydroxylation is 1. The summed E-state index contributed by atoms with van der Waals surface area (Å²) in [6, 6.07) is 4.40. The van der Waals surface area contributed by atoms with Crippen LogP contribution in [0.5, 0.6) is 0 Å². The van der Waals surface area contributed by atoms with Gasteiger partial charge in [-0.3, -0.25) is 4.68 Å². The Bertz CT molecular complexity index is 503. The smallest absolute Gasteiger partial charge is 0.125 e. The van der Waals surface area contributed by atoms with E-state index in [1.165, 1.54) is 12.1 Å². The predicted molar refractivity (Wildman–Crippen MR) is 57.8 cm³/mol. The lowest BCUT2D eigenvalue weighted by Crippen LogP contribution is -1.94. The molecule has 15 heavy (non-hydrogen) atoms. The predicted octanol–water partition coefficient (Wildman–Crippen LogP) is 2.12. The molecular weight excluding hydrogens is 193 g/mol. The average molecular weight is 205 g/mol. The maximum absolute atomic E-state index is 12.9. The van der Waals surface area contributed by atoms with Gasteiger partial charge in [0.15, 0.2) is 0 Å². The summed E-state index contributed by atoms with van der Waals surface area (Å²) in [6.45, 7) is 1.95. The number of nitrogens with zero attached hydrogens (tertiary/aromatic N) is 2. The van der Waals surface area contributed by atoms with E-state index in [1.54, 1.807) is 16.9 Å². The van der Waals surface area contributed by atoms with Crippen LogP contribution < -0.4 is 5.73 Å². The summed E-state index contributed by atoms with van der Waals surface area (Å²) >= 11 is 0. The van der Waals surface area contributed by atoms with Crippen molar-refractivity contribution in [2.75, 3.05) is 5.73 Å². The van der Waals surface area contributed by atoms with E-state index in [1.807, 2.05) is 14.0 Å². The fourth-order valence-corrected chi connectivity index (χ4v) is 1.54. The van der Waals surface area contributed by atoms with E-state index in [9.17, 15) is 4.39 Å². The molecule has 0 spiro atoms. The van der Waals surface area contributed by atoms with Gasteiger partial charge in [-0.15, -0.1) is 0 Å². The molecule has 0 amide bonds. The van der Waals surface area contributed by atoms with E-state index < -0.39 is 0 Å². The van der Waals surface area contributed by atoms with Gasteiger partial charge in [0, 0.05) is 29.6 Å². The van der Waals surface area contributed by atoms with Crippen LogP contribution in [0.3, 0.4) is 0 Å². The zero-order valence-electron chi connectivity index (χ0n) is 8.66. The largest absolute Gasteiger partial charge is 0.398 e. The minimum atomic E-state index is -0.321. The standard InChI is InChI=1S/C11H12FN3/c1-7-10(6-14-15(7)2)9-4-3-8(12)5-11(9)13/h3-6H,13H2,1-2H3. The Hall–Kier alpha value is -1.84. The van der Waals surface area contributed by atoms with Gasteiger partial charge in [0.05, 0.1) is 6.20 Å². The molecule has 1 heterocycles. The van der Waals surface area contributed by atoms with Gasteiger partial charge in [-0.25, -0.2) is 4.39 Å². The molecule has 0 aliphatic heterocycles. The molecule has 0 atom stereocenters. The number of hydrogen-bond acceptors (Lipinski definition) is 2. The monoisotopic (exact) mass is 205 g/mol. The zero-order valence-corrected chi connectivity index (χ0v) is 8.66. The maximum atomic E-state index is 12.9. The molecule has 0 unspecified atom stereocenters. The van der Waals surface area contributed by atoms with Crippen LogP contribution in [0.4, 0.5) is 10.1 Å². The molecule has 1 aromatic heterocycles. The van der Waals surface area contributed by atoms with Gasteiger partial charge >= 0.3 is 0 Å². The first-order valence-corrected chi connectivity index (χ1v) is 4.63. The Balaban J connectivity index is 2.59. The Kier molecular flexibility index (Phi) is 2.19. The van der Waals surface area contributed by atoms with Crippen LogP contribution >= 0.6 is 0 Å². The van der Waals surface area contributed by atoms with Crippen molar-refractivity contribution in [2.24, 2.45) is 7.05 Å². The zero-order chi connectivity index (χ0) is 11.0. The van der Waals surface area contributed by atoms with E-state index in [-0.39, 0.29) is 5.82 Å². The minimum Gasteiger partial charge on any atom is -0.398 e. The average Bonchev–Trinajstić information content (AvgIpc) is 2.49. The summed E-state index contributed by atoms with van der Waals surface area (Å²) in [4.78, 5) is 0. The number of anilines is 1. The fraction of sp³-hybridized carbons (Fsp3) is 0.182. The SMILES string of the molecule is Cc1c(-c2ccc(F)cc2N)cnn1C. The lowest BCUT2D eigenvalue weighted by molar-refractivity contribution is 0.628. The molecule has 2 rings (SSSR count). The van der Waals surface area contributed by atoms with Crippen molar-refractivity contribution < 1.29 is 4.39 Å². The lowest BCUT2D eigenvalue weighted by Gasteiger charge is -2.04. The lowest BCUT2D eigenvalue weighted by atomic mass is 10.1. The second-order valence-electron chi connectivity index (χ2n) is 3.50. The Morgan fingerprint density at radius 2 is 2.07 bits per heavy atom. The van der Waals surface area contributed by atoms with Crippen molar-refractivity contribution in [2.45, 2.75) is 6.92 Å². The number of nitrogens with two attached hydrogens (primary N) is 1. The number of aromatic nitrogens is 2. The van der Waals surface area contributed by atoms with Gasteiger partial charge in [0.1, 0.15) is 5.82 Å². The van der Waals surface area contributed by atoms with E-state index >= 15 is 0 Å². The van der Waals surface area contributed by atoms with Crippen molar-refractivity contribution in [3.05, 3.63) is 35.9 Å². The number of nitrogen functional groups attached to an aromatic ring is 1. The third-order valence-electron chi connectivity index (χ3n) is 2.54. The number of rotatable bonds is 1. The molecule has 0 fully saturated rings. The molecule has 3 nitrogen and oxygen atoms in total. The molecule has 0 bridgehead atoms. The third-order valence-corrected chi connectivity index (χ3v) is 2.54. The maximum Gasteiger partial charge on any atom is 0.125 e. The normalized spacial score (nSPS) is 10.6. The molecule has 0 aliphatic carbocycles. The molecular formula is C11H12FN3. The summed E-state index contributed by atoms with van der Waals surface area (Å²) in [5.74, 6) is -0.321. The van der Waals surface area contributed by atoms with Gasteiger partial charge in [0.2, 0.25) is 0 Å². The number of hydrogen-bond donors (Lipinski definition) is 1. The van der Waals surface area contributed by atoms with E-state index in [0.717, 1.165) is 16.8 Å². The summed E-state index contributed by atoms with van der Waals surface area (Å²) in [6.07, 6.45) is 1.74. The Morgan fingerprint density at radius 1 is 1.33 bits per heavy atom. The molecule has 1 aromatic carbocycles. The van der Waals surface area contributed by atoms with Crippen molar-refractivity contribution >= 4 is 5.69 Å². The molecule has 0 aliphatic rings. The fourth-order valence-electron chi connectivity index (χ4n) is 1.54. The first-order chi connectivity index (χ1) is 7.09. The topological polar surface area (TPSA) is 43.8 Å². The van der Waals surface area contributed by atoms with Crippen molar-refractivity contribution in [3.63, 3.8) is 0 Å². The number of halogens is 1. The van der Waals surface area contributed by atoms with Crippen molar-refractivity contribution in [3.8, 4) is 11.1 Å². The van der Waals surface area contributed by atoms with Gasteiger partial charge in [0.25, 0.3) is 0 Å². The third kappa shape index (κ3) is 1.58. The Morgan fingerprint density at radius 3 is 2.60 bits per heavy atom. The summed E-state index contributed by atoms with van der Waals surface area (Å²) in [7, 11) is 1.86. The molecule has 78 valence electrons. The van der Waals surface area contributed by atoms with Gasteiger partial charge < -0.3 is 5.73 Å². The summed E-state index contributed by atoms with van der Waals surface area (Å²) in [5, 5.41) is 4.12. The highest BCUT2D eigenvalue weighted by atomic mass is 19.1. The quantitative estimate of drug-likeness (QED) is 0.725. The molecule has 0 radical (unpaired) electrons. The van der Waals surface area contributed by atoms with Crippen LogP contribution in [0.2, 0.25) is 0 Å². The van der Waals surface area contributed by atoms with Crippen LogP contribution in [0.25, 0.3) is 11.1 Å². The molecule has 2 N–H and O–H groups in total. The van der Waals surface area contributed by atoms with Crippen molar-refractivity contribution in [1.29, 1.82) is 0 Å². The second kappa shape index (κ2) is 3.38. The second-order valence-corrected chi connectivity index (χ2v) is 3.50. The molecule has 2 aromatic rings. The minimum absolute atomic E-state index is 0.321. The van der Waals surface area contributed by atoms with E-state index in [2.05, 4.69) is 5.10 Å². The van der Waals surface area contributed by atoms with Crippen molar-refractivity contribution in [1.82, 2.24) is 9.78 Å². The first-order valence-electron chi connectivity index (χ1n) is 4.63. The van der Waals surface area contributed by atoms with Gasteiger partial charge in [-0.1, -0.05) is 0 Å². The first kappa shape index (κ1) is 9.71. The van der Waals surface area contributed by atoms with Crippen LogP contribution in [-0.4, -0.2) is 9.78 Å². The summed E-state index contributed by atoms with van der Waals surface area (Å²) < 4.78 is 14.6. The van der Waals surface area contributed by atoms with Crippen LogP contribution in [0, 0.1) is 12.7 Å². The highest BCUT2D eigenvalue weighted by molar-refractivity contribution is 5.77. The molecule has 0 saturated heterocycles.